The number of allylic oxidation sites excluding steroid dienone is 2. The molecule has 6 heteroatoms. The first-order valence-electron chi connectivity index (χ1n) is 9.62. The summed E-state index contributed by atoms with van der Waals surface area (Å²) in [5, 5.41) is 3.86. The highest BCUT2D eigenvalue weighted by Crippen LogP contribution is 2.43. The first-order valence-corrected chi connectivity index (χ1v) is 10.6. The lowest BCUT2D eigenvalue weighted by atomic mass is 9.76. The fourth-order valence-electron chi connectivity index (χ4n) is 3.93. The van der Waals surface area contributed by atoms with Crippen LogP contribution in [0.25, 0.3) is 0 Å². The molecule has 2 heterocycles. The Morgan fingerprint density at radius 1 is 1.25 bits per heavy atom. The van der Waals surface area contributed by atoms with Gasteiger partial charge in [0.15, 0.2) is 10.9 Å². The number of aromatic amines is 1. The minimum Gasteiger partial charge on any atom is -0.343 e. The van der Waals surface area contributed by atoms with Gasteiger partial charge in [-0.25, -0.2) is 4.98 Å². The number of thioether (sulfide) groups is 1. The van der Waals surface area contributed by atoms with Crippen molar-refractivity contribution in [2.75, 3.05) is 11.1 Å². The Balaban J connectivity index is 1.88. The summed E-state index contributed by atoms with van der Waals surface area (Å²) in [4.78, 5) is 33.4. The quantitative estimate of drug-likeness (QED) is 0.453. The summed E-state index contributed by atoms with van der Waals surface area (Å²) in [6.45, 7) is 5.82. The van der Waals surface area contributed by atoms with E-state index in [0.717, 1.165) is 36.1 Å². The molecule has 2 aliphatic rings. The number of rotatable bonds is 5. The van der Waals surface area contributed by atoms with E-state index in [9.17, 15) is 9.59 Å². The number of nitrogens with zero attached hydrogens (tertiary/aromatic N) is 1. The summed E-state index contributed by atoms with van der Waals surface area (Å²) in [5.41, 5.74) is 4.15. The molecule has 0 amide bonds. The molecule has 1 aliphatic heterocycles. The first-order chi connectivity index (χ1) is 13.6. The number of Topliss-reactive ketones (excluding diaryl/α,β-unsaturated/α-hetero) is 1. The Labute approximate surface area is 168 Å². The van der Waals surface area contributed by atoms with E-state index in [1.165, 1.54) is 17.3 Å². The van der Waals surface area contributed by atoms with Crippen LogP contribution in [0.15, 0.2) is 58.1 Å². The Morgan fingerprint density at radius 3 is 2.75 bits per heavy atom. The van der Waals surface area contributed by atoms with Crippen molar-refractivity contribution in [3.8, 4) is 0 Å². The third-order valence-corrected chi connectivity index (χ3v) is 6.16. The molecular weight excluding hydrogens is 370 g/mol. The van der Waals surface area contributed by atoms with Gasteiger partial charge in [-0.05, 0) is 30.4 Å². The highest BCUT2D eigenvalue weighted by Gasteiger charge is 2.37. The number of benzene rings is 1. The molecule has 0 saturated heterocycles. The van der Waals surface area contributed by atoms with Gasteiger partial charge >= 0.3 is 0 Å². The number of carbonyl (C=O) groups excluding carboxylic acids is 1. The van der Waals surface area contributed by atoms with Crippen molar-refractivity contribution >= 4 is 23.4 Å². The molecule has 1 atom stereocenters. The number of hydrogen-bond acceptors (Lipinski definition) is 5. The molecular formula is C22H23N3O2S. The van der Waals surface area contributed by atoms with E-state index < -0.39 is 0 Å². The lowest BCUT2D eigenvalue weighted by Gasteiger charge is -2.32. The molecule has 5 nitrogen and oxygen atoms in total. The van der Waals surface area contributed by atoms with E-state index in [1.807, 2.05) is 12.1 Å². The molecule has 0 spiro atoms. The monoisotopic (exact) mass is 393 g/mol. The van der Waals surface area contributed by atoms with Gasteiger partial charge in [0.2, 0.25) is 0 Å². The number of H-pyrrole nitrogens is 1. The van der Waals surface area contributed by atoms with Crippen LogP contribution in [0, 0.1) is 0 Å². The van der Waals surface area contributed by atoms with Gasteiger partial charge in [-0.15, -0.1) is 6.58 Å². The van der Waals surface area contributed by atoms with Crippen LogP contribution in [-0.4, -0.2) is 21.5 Å². The second-order valence-electron chi connectivity index (χ2n) is 7.06. The van der Waals surface area contributed by atoms with Gasteiger partial charge in [-0.2, -0.15) is 0 Å². The van der Waals surface area contributed by atoms with Gasteiger partial charge in [-0.1, -0.05) is 49.0 Å². The maximum Gasteiger partial charge on any atom is 0.257 e. The third-order valence-electron chi connectivity index (χ3n) is 5.30. The number of ketones is 1. The Hall–Kier alpha value is -2.60. The molecule has 0 saturated carbocycles. The van der Waals surface area contributed by atoms with Gasteiger partial charge in [0.25, 0.3) is 5.56 Å². The third kappa shape index (κ3) is 3.33. The lowest BCUT2D eigenvalue weighted by molar-refractivity contribution is -0.116. The second kappa shape index (κ2) is 7.80. The standard InChI is InChI=1S/C22H23N3O2S/c1-3-12-28-22-24-20-19(21(27)25-22)17(14-10-8-13(4-2)9-11-14)18-15(23-20)6-5-7-16(18)26/h3,8-11,17H,1,4-7,12H2,2H3,(H2,23,24,25,27). The van der Waals surface area contributed by atoms with Crippen LogP contribution in [-0.2, 0) is 11.2 Å². The SMILES string of the molecule is C=CCSc1nc2c(c(=O)[nH]1)C(c1ccc(CC)cc1)C1=C(CCCC1=O)N2. The van der Waals surface area contributed by atoms with E-state index in [0.29, 0.717) is 28.7 Å². The number of nitrogens with one attached hydrogen (secondary N) is 2. The molecule has 1 aliphatic carbocycles. The normalized spacial score (nSPS) is 18.3. The molecule has 28 heavy (non-hydrogen) atoms. The molecule has 1 unspecified atom stereocenters. The van der Waals surface area contributed by atoms with Crippen LogP contribution in [0.5, 0.6) is 0 Å². The van der Waals surface area contributed by atoms with Crippen molar-refractivity contribution in [2.45, 2.75) is 43.7 Å². The lowest BCUT2D eigenvalue weighted by Crippen LogP contribution is -2.32. The number of aryl methyl sites for hydroxylation is 1. The number of hydrogen-bond donors (Lipinski definition) is 2. The molecule has 144 valence electrons. The maximum absolute atomic E-state index is 13.0. The van der Waals surface area contributed by atoms with Gasteiger partial charge < -0.3 is 10.3 Å². The maximum atomic E-state index is 13.0. The van der Waals surface area contributed by atoms with Gasteiger partial charge in [-0.3, -0.25) is 9.59 Å². The number of fused-ring (bicyclic) bond motifs is 1. The van der Waals surface area contributed by atoms with E-state index in [4.69, 9.17) is 0 Å². The Kier molecular flexibility index (Phi) is 5.22. The van der Waals surface area contributed by atoms with E-state index in [1.54, 1.807) is 6.08 Å². The summed E-state index contributed by atoms with van der Waals surface area (Å²) in [5.74, 6) is 0.970. The van der Waals surface area contributed by atoms with E-state index in [-0.39, 0.29) is 17.3 Å². The second-order valence-corrected chi connectivity index (χ2v) is 8.06. The molecule has 2 aromatic rings. The number of aromatic nitrogens is 2. The molecule has 0 radical (unpaired) electrons. The minimum atomic E-state index is -0.375. The molecule has 2 N–H and O–H groups in total. The average Bonchev–Trinajstić information content (AvgIpc) is 2.71. The largest absolute Gasteiger partial charge is 0.343 e. The van der Waals surface area contributed by atoms with Crippen LogP contribution in [0.3, 0.4) is 0 Å². The molecule has 0 bridgehead atoms. The Bertz CT molecular complexity index is 1020. The van der Waals surface area contributed by atoms with Crippen molar-refractivity contribution < 1.29 is 4.79 Å². The predicted octanol–water partition coefficient (Wildman–Crippen LogP) is 4.17. The van der Waals surface area contributed by atoms with Crippen molar-refractivity contribution in [3.63, 3.8) is 0 Å². The van der Waals surface area contributed by atoms with Crippen LogP contribution in [0.1, 0.15) is 48.8 Å². The number of anilines is 1. The summed E-state index contributed by atoms with van der Waals surface area (Å²) in [7, 11) is 0. The predicted molar refractivity (Wildman–Crippen MR) is 113 cm³/mol. The van der Waals surface area contributed by atoms with E-state index >= 15 is 0 Å². The smallest absolute Gasteiger partial charge is 0.257 e. The summed E-state index contributed by atoms with van der Waals surface area (Å²) >= 11 is 1.43. The highest BCUT2D eigenvalue weighted by molar-refractivity contribution is 7.99. The van der Waals surface area contributed by atoms with Crippen LogP contribution >= 0.6 is 11.8 Å². The molecule has 0 fully saturated rings. The van der Waals surface area contributed by atoms with Crippen LogP contribution < -0.4 is 10.9 Å². The average molecular weight is 394 g/mol. The van der Waals surface area contributed by atoms with Crippen molar-refractivity contribution in [2.24, 2.45) is 0 Å². The van der Waals surface area contributed by atoms with Gasteiger partial charge in [0.1, 0.15) is 5.82 Å². The van der Waals surface area contributed by atoms with Crippen LogP contribution in [0.4, 0.5) is 5.82 Å². The summed E-state index contributed by atoms with van der Waals surface area (Å²) in [6.07, 6.45) is 4.87. The molecule has 1 aromatic heterocycles. The zero-order valence-corrected chi connectivity index (χ0v) is 16.7. The minimum absolute atomic E-state index is 0.119. The van der Waals surface area contributed by atoms with Crippen molar-refractivity contribution in [1.82, 2.24) is 9.97 Å². The molecule has 1 aromatic carbocycles. The summed E-state index contributed by atoms with van der Waals surface area (Å²) < 4.78 is 0. The van der Waals surface area contributed by atoms with Gasteiger partial charge in [0.05, 0.1) is 5.56 Å². The van der Waals surface area contributed by atoms with E-state index in [2.05, 4.69) is 40.9 Å². The topological polar surface area (TPSA) is 74.8 Å². The zero-order chi connectivity index (χ0) is 19.7. The highest BCUT2D eigenvalue weighted by atomic mass is 32.2. The fourth-order valence-corrected chi connectivity index (χ4v) is 4.52. The first kappa shape index (κ1) is 18.7. The molecule has 4 rings (SSSR count). The van der Waals surface area contributed by atoms with Crippen molar-refractivity contribution in [3.05, 3.63) is 75.2 Å². The fraction of sp³-hybridized carbons (Fsp3) is 0.318. The van der Waals surface area contributed by atoms with Crippen LogP contribution in [0.2, 0.25) is 0 Å². The zero-order valence-electron chi connectivity index (χ0n) is 15.9. The Morgan fingerprint density at radius 2 is 2.04 bits per heavy atom. The van der Waals surface area contributed by atoms with Crippen molar-refractivity contribution in [1.29, 1.82) is 0 Å². The number of carbonyl (C=O) groups is 1. The van der Waals surface area contributed by atoms with Gasteiger partial charge in [0, 0.05) is 29.4 Å². The summed E-state index contributed by atoms with van der Waals surface area (Å²) in [6, 6.07) is 8.21.